The molecular formula is C12H16N2O. The van der Waals surface area contributed by atoms with Gasteiger partial charge >= 0.3 is 0 Å². The average Bonchev–Trinajstić information content (AvgIpc) is 3.11. The summed E-state index contributed by atoms with van der Waals surface area (Å²) < 4.78 is 5.32. The molecule has 0 saturated heterocycles. The molecule has 1 unspecified atom stereocenters. The van der Waals surface area contributed by atoms with Gasteiger partial charge in [0, 0.05) is 12.6 Å². The zero-order valence-electron chi connectivity index (χ0n) is 8.92. The minimum Gasteiger partial charge on any atom is -0.495 e. The molecule has 0 amide bonds. The highest BCUT2D eigenvalue weighted by atomic mass is 16.5. The van der Waals surface area contributed by atoms with E-state index in [0.717, 1.165) is 23.9 Å². The first-order chi connectivity index (χ1) is 7.38. The lowest BCUT2D eigenvalue weighted by molar-refractivity contribution is 0.416. The van der Waals surface area contributed by atoms with E-state index < -0.39 is 0 Å². The first-order valence-corrected chi connectivity index (χ1v) is 5.56. The molecule has 2 N–H and O–H groups in total. The van der Waals surface area contributed by atoms with Crippen LogP contribution in [0.25, 0.3) is 0 Å². The Balaban J connectivity index is 1.89. The fraction of sp³-hybridized carbons (Fsp3) is 0.500. The third-order valence-electron chi connectivity index (χ3n) is 3.28. The number of benzene rings is 1. The molecule has 1 aliphatic carbocycles. The molecule has 1 fully saturated rings. The predicted molar refractivity (Wildman–Crippen MR) is 61.6 cm³/mol. The van der Waals surface area contributed by atoms with Crippen LogP contribution in [0.5, 0.6) is 5.75 Å². The summed E-state index contributed by atoms with van der Waals surface area (Å²) in [7, 11) is 1.71. The maximum Gasteiger partial charge on any atom is 0.144 e. The molecule has 0 aromatic heterocycles. The van der Waals surface area contributed by atoms with Crippen LogP contribution in [0.2, 0.25) is 0 Å². The van der Waals surface area contributed by atoms with Crippen molar-refractivity contribution < 1.29 is 4.74 Å². The molecule has 3 heteroatoms. The maximum absolute atomic E-state index is 5.32. The van der Waals surface area contributed by atoms with Crippen LogP contribution in [0.15, 0.2) is 18.2 Å². The maximum atomic E-state index is 5.32. The van der Waals surface area contributed by atoms with E-state index in [-0.39, 0.29) is 0 Å². The van der Waals surface area contributed by atoms with E-state index in [1.54, 1.807) is 7.11 Å². The summed E-state index contributed by atoms with van der Waals surface area (Å²) in [5.74, 6) is 1.80. The molecule has 1 atom stereocenters. The Hall–Kier alpha value is -1.38. The standard InChI is InChI=1S/C12H16N2O/c1-15-11-4-2-3-9-12(11)13-7-10(14-9)8-5-6-8/h2-4,8,10,13-14H,5-7H2,1H3. The summed E-state index contributed by atoms with van der Waals surface area (Å²) in [5.41, 5.74) is 2.29. The van der Waals surface area contributed by atoms with Gasteiger partial charge in [0.25, 0.3) is 0 Å². The van der Waals surface area contributed by atoms with Crippen LogP contribution >= 0.6 is 0 Å². The van der Waals surface area contributed by atoms with E-state index in [0.29, 0.717) is 6.04 Å². The number of hydrogen-bond donors (Lipinski definition) is 2. The molecular weight excluding hydrogens is 188 g/mol. The highest BCUT2D eigenvalue weighted by Gasteiger charge is 2.33. The number of para-hydroxylation sites is 1. The minimum atomic E-state index is 0.601. The molecule has 0 spiro atoms. The molecule has 0 bridgehead atoms. The second-order valence-corrected chi connectivity index (χ2v) is 4.35. The van der Waals surface area contributed by atoms with Gasteiger partial charge in [0.2, 0.25) is 0 Å². The zero-order valence-corrected chi connectivity index (χ0v) is 8.92. The Labute approximate surface area is 89.8 Å². The molecule has 0 radical (unpaired) electrons. The molecule has 15 heavy (non-hydrogen) atoms. The number of ether oxygens (including phenoxy) is 1. The van der Waals surface area contributed by atoms with Gasteiger partial charge in [-0.05, 0) is 30.9 Å². The van der Waals surface area contributed by atoms with Crippen molar-refractivity contribution in [1.82, 2.24) is 0 Å². The van der Waals surface area contributed by atoms with Gasteiger partial charge in [-0.1, -0.05) is 6.07 Å². The second-order valence-electron chi connectivity index (χ2n) is 4.35. The molecule has 1 aromatic rings. The lowest BCUT2D eigenvalue weighted by Crippen LogP contribution is -2.34. The number of fused-ring (bicyclic) bond motifs is 1. The lowest BCUT2D eigenvalue weighted by atomic mass is 10.1. The van der Waals surface area contributed by atoms with Crippen molar-refractivity contribution in [3.8, 4) is 5.75 Å². The summed E-state index contributed by atoms with van der Waals surface area (Å²) in [4.78, 5) is 0. The van der Waals surface area contributed by atoms with Crippen molar-refractivity contribution in [3.05, 3.63) is 18.2 Å². The van der Waals surface area contributed by atoms with Crippen molar-refractivity contribution in [2.45, 2.75) is 18.9 Å². The number of hydrogen-bond acceptors (Lipinski definition) is 3. The molecule has 2 aliphatic rings. The largest absolute Gasteiger partial charge is 0.495 e. The quantitative estimate of drug-likeness (QED) is 0.775. The second kappa shape index (κ2) is 3.33. The smallest absolute Gasteiger partial charge is 0.144 e. The lowest BCUT2D eigenvalue weighted by Gasteiger charge is -2.29. The molecule has 80 valence electrons. The fourth-order valence-corrected chi connectivity index (χ4v) is 2.25. The topological polar surface area (TPSA) is 33.3 Å². The first-order valence-electron chi connectivity index (χ1n) is 5.56. The van der Waals surface area contributed by atoms with E-state index in [1.165, 1.54) is 18.5 Å². The van der Waals surface area contributed by atoms with Crippen molar-refractivity contribution in [2.24, 2.45) is 5.92 Å². The third-order valence-corrected chi connectivity index (χ3v) is 3.28. The van der Waals surface area contributed by atoms with E-state index >= 15 is 0 Å². The Morgan fingerprint density at radius 1 is 1.33 bits per heavy atom. The number of methoxy groups -OCH3 is 1. The van der Waals surface area contributed by atoms with Gasteiger partial charge in [0.15, 0.2) is 0 Å². The van der Waals surface area contributed by atoms with Crippen LogP contribution in [0.3, 0.4) is 0 Å². The number of nitrogens with one attached hydrogen (secondary N) is 2. The van der Waals surface area contributed by atoms with Crippen LogP contribution < -0.4 is 15.4 Å². The van der Waals surface area contributed by atoms with Crippen molar-refractivity contribution in [2.75, 3.05) is 24.3 Å². The van der Waals surface area contributed by atoms with Crippen molar-refractivity contribution >= 4 is 11.4 Å². The van der Waals surface area contributed by atoms with Crippen molar-refractivity contribution in [1.29, 1.82) is 0 Å². The molecule has 1 aromatic carbocycles. The van der Waals surface area contributed by atoms with Gasteiger partial charge in [0.05, 0.1) is 12.8 Å². The highest BCUT2D eigenvalue weighted by Crippen LogP contribution is 2.40. The first kappa shape index (κ1) is 8.89. The summed E-state index contributed by atoms with van der Waals surface area (Å²) in [6.45, 7) is 1.01. The molecule has 1 saturated carbocycles. The summed E-state index contributed by atoms with van der Waals surface area (Å²) in [6.07, 6.45) is 2.75. The highest BCUT2D eigenvalue weighted by molar-refractivity contribution is 5.77. The zero-order chi connectivity index (χ0) is 10.3. The van der Waals surface area contributed by atoms with Crippen LogP contribution in [0, 0.1) is 5.92 Å². The van der Waals surface area contributed by atoms with Gasteiger partial charge in [-0.25, -0.2) is 0 Å². The number of rotatable bonds is 2. The van der Waals surface area contributed by atoms with Crippen LogP contribution in [0.1, 0.15) is 12.8 Å². The Bertz CT molecular complexity index is 374. The summed E-state index contributed by atoms with van der Waals surface area (Å²) in [6, 6.07) is 6.73. The Kier molecular flexibility index (Phi) is 1.97. The fourth-order valence-electron chi connectivity index (χ4n) is 2.25. The Morgan fingerprint density at radius 3 is 2.93 bits per heavy atom. The SMILES string of the molecule is COc1cccc2c1NCC(C1CC1)N2. The van der Waals surface area contributed by atoms with Gasteiger partial charge in [-0.15, -0.1) is 0 Å². The molecule has 3 rings (SSSR count). The van der Waals surface area contributed by atoms with E-state index in [4.69, 9.17) is 4.74 Å². The average molecular weight is 204 g/mol. The van der Waals surface area contributed by atoms with E-state index in [9.17, 15) is 0 Å². The predicted octanol–water partition coefficient (Wildman–Crippen LogP) is 2.31. The monoisotopic (exact) mass is 204 g/mol. The van der Waals surface area contributed by atoms with Gasteiger partial charge in [-0.3, -0.25) is 0 Å². The minimum absolute atomic E-state index is 0.601. The van der Waals surface area contributed by atoms with Crippen LogP contribution in [0.4, 0.5) is 11.4 Å². The van der Waals surface area contributed by atoms with Gasteiger partial charge in [-0.2, -0.15) is 0 Å². The summed E-state index contributed by atoms with van der Waals surface area (Å²) in [5, 5.41) is 7.06. The van der Waals surface area contributed by atoms with Crippen LogP contribution in [-0.2, 0) is 0 Å². The molecule has 3 nitrogen and oxygen atoms in total. The molecule has 1 heterocycles. The summed E-state index contributed by atoms with van der Waals surface area (Å²) >= 11 is 0. The normalized spacial score (nSPS) is 23.7. The van der Waals surface area contributed by atoms with Gasteiger partial charge in [0.1, 0.15) is 11.4 Å². The number of anilines is 2. The van der Waals surface area contributed by atoms with Crippen molar-refractivity contribution in [3.63, 3.8) is 0 Å². The Morgan fingerprint density at radius 2 is 2.20 bits per heavy atom. The van der Waals surface area contributed by atoms with Crippen LogP contribution in [-0.4, -0.2) is 19.7 Å². The third kappa shape index (κ3) is 1.52. The molecule has 1 aliphatic heterocycles. The van der Waals surface area contributed by atoms with E-state index in [1.807, 2.05) is 12.1 Å². The van der Waals surface area contributed by atoms with E-state index in [2.05, 4.69) is 16.7 Å². The van der Waals surface area contributed by atoms with Gasteiger partial charge < -0.3 is 15.4 Å².